The monoisotopic (exact) mass is 408 g/mol. The first-order chi connectivity index (χ1) is 13.8. The van der Waals surface area contributed by atoms with Gasteiger partial charge in [0, 0.05) is 32.3 Å². The minimum absolute atomic E-state index is 0.0856. The molecule has 1 aromatic carbocycles. The van der Waals surface area contributed by atoms with Gasteiger partial charge < -0.3 is 15.0 Å². The summed E-state index contributed by atoms with van der Waals surface area (Å²) in [5.41, 5.74) is -0.279. The number of methoxy groups -OCH3 is 1. The van der Waals surface area contributed by atoms with E-state index in [9.17, 15) is 18.0 Å². The van der Waals surface area contributed by atoms with Crippen LogP contribution in [0.15, 0.2) is 36.5 Å². The molecule has 1 aliphatic rings. The Labute approximate surface area is 167 Å². The lowest BCUT2D eigenvalue weighted by Crippen LogP contribution is -2.36. The van der Waals surface area contributed by atoms with Crippen molar-refractivity contribution in [3.05, 3.63) is 47.7 Å². The zero-order chi connectivity index (χ0) is 20.9. The molecule has 0 atom stereocenters. The largest absolute Gasteiger partial charge is 0.467 e. The lowest BCUT2D eigenvalue weighted by Gasteiger charge is -2.32. The number of ether oxygens (including phenoxy) is 1. The number of piperidine rings is 1. The Bertz CT molecular complexity index is 836. The van der Waals surface area contributed by atoms with Crippen molar-refractivity contribution in [2.75, 3.05) is 25.1 Å². The molecule has 1 aliphatic heterocycles. The molecule has 0 spiro atoms. The fourth-order valence-corrected chi connectivity index (χ4v) is 3.37. The van der Waals surface area contributed by atoms with E-state index in [0.717, 1.165) is 43.9 Å². The molecule has 6 nitrogen and oxygen atoms in total. The average molecular weight is 408 g/mol. The number of rotatable bonds is 6. The van der Waals surface area contributed by atoms with Crippen LogP contribution in [0.25, 0.3) is 0 Å². The smallest absolute Gasteiger partial charge is 0.416 e. The molecule has 0 bridgehead atoms. The number of nitrogens with one attached hydrogen (secondary N) is 1. The number of hydrogen-bond donors (Lipinski definition) is 1. The molecule has 0 aliphatic carbocycles. The van der Waals surface area contributed by atoms with E-state index in [-0.39, 0.29) is 18.4 Å². The third-order valence-corrected chi connectivity index (χ3v) is 4.96. The van der Waals surface area contributed by atoms with Crippen LogP contribution in [0, 0.1) is 5.92 Å². The van der Waals surface area contributed by atoms with Crippen LogP contribution in [0.1, 0.15) is 30.4 Å². The third-order valence-electron chi connectivity index (χ3n) is 4.96. The van der Waals surface area contributed by atoms with Crippen molar-refractivity contribution in [2.45, 2.75) is 32.0 Å². The van der Waals surface area contributed by atoms with Gasteiger partial charge >= 0.3 is 12.2 Å². The summed E-state index contributed by atoms with van der Waals surface area (Å²) in [6.07, 6.45) is -0.706. The highest BCUT2D eigenvalue weighted by atomic mass is 19.4. The molecule has 3 rings (SSSR count). The first-order valence-electron chi connectivity index (χ1n) is 9.40. The second-order valence-corrected chi connectivity index (χ2v) is 7.01. The number of anilines is 1. The van der Waals surface area contributed by atoms with Crippen LogP contribution in [0.2, 0.25) is 0 Å². The van der Waals surface area contributed by atoms with Gasteiger partial charge in [0.1, 0.15) is 5.82 Å². The summed E-state index contributed by atoms with van der Waals surface area (Å²) in [6.45, 7) is 1.62. The first-order valence-corrected chi connectivity index (χ1v) is 9.40. The van der Waals surface area contributed by atoms with Gasteiger partial charge in [-0.15, -0.1) is 0 Å². The molecule has 2 heterocycles. The zero-order valence-electron chi connectivity index (χ0n) is 16.1. The summed E-state index contributed by atoms with van der Waals surface area (Å²) in [7, 11) is 1.52. The maximum Gasteiger partial charge on any atom is 0.416 e. The van der Waals surface area contributed by atoms with Gasteiger partial charge in [-0.05, 0) is 42.5 Å². The molecule has 1 N–H and O–H groups in total. The number of hydrogen-bond acceptors (Lipinski definition) is 5. The van der Waals surface area contributed by atoms with Crippen molar-refractivity contribution in [1.82, 2.24) is 15.3 Å². The fourth-order valence-electron chi connectivity index (χ4n) is 3.37. The van der Waals surface area contributed by atoms with Gasteiger partial charge in [-0.1, -0.05) is 12.1 Å². The molecule has 9 heteroatoms. The molecule has 0 saturated carbocycles. The molecule has 156 valence electrons. The van der Waals surface area contributed by atoms with Gasteiger partial charge in [-0.2, -0.15) is 18.2 Å². The molecule has 1 saturated heterocycles. The summed E-state index contributed by atoms with van der Waals surface area (Å²) in [5.74, 6) is 0.880. The number of aromatic nitrogens is 2. The van der Waals surface area contributed by atoms with Crippen LogP contribution in [-0.2, 0) is 17.5 Å². The van der Waals surface area contributed by atoms with Crippen molar-refractivity contribution < 1.29 is 22.7 Å². The standard InChI is InChI=1S/C20H23F3N4O2/c1-29-19-24-8-5-17(26-19)27-9-6-14(7-10-27)12-18(28)25-13-15-3-2-4-16(11-15)20(21,22)23/h2-5,8,11,14H,6-7,9-10,12-13H2,1H3,(H,25,28). The number of carbonyl (C=O) groups is 1. The topological polar surface area (TPSA) is 67.3 Å². The number of benzene rings is 1. The number of halogens is 3. The van der Waals surface area contributed by atoms with Crippen molar-refractivity contribution in [1.29, 1.82) is 0 Å². The highest BCUT2D eigenvalue weighted by molar-refractivity contribution is 5.76. The van der Waals surface area contributed by atoms with Crippen LogP contribution >= 0.6 is 0 Å². The van der Waals surface area contributed by atoms with E-state index in [0.29, 0.717) is 18.0 Å². The zero-order valence-corrected chi connectivity index (χ0v) is 16.1. The Morgan fingerprint density at radius 3 is 2.72 bits per heavy atom. The van der Waals surface area contributed by atoms with Gasteiger partial charge in [0.2, 0.25) is 5.91 Å². The first kappa shape index (κ1) is 20.9. The molecule has 2 aromatic rings. The maximum absolute atomic E-state index is 12.8. The second kappa shape index (κ2) is 9.11. The van der Waals surface area contributed by atoms with E-state index < -0.39 is 11.7 Å². The SMILES string of the molecule is COc1nccc(N2CCC(CC(=O)NCc3cccc(C(F)(F)F)c3)CC2)n1. The normalized spacial score (nSPS) is 15.2. The molecule has 1 amide bonds. The van der Waals surface area contributed by atoms with Gasteiger partial charge in [0.25, 0.3) is 0 Å². The molecule has 0 unspecified atom stereocenters. The predicted octanol–water partition coefficient (Wildman–Crippen LogP) is 3.43. The molecular weight excluding hydrogens is 385 g/mol. The molecule has 1 aromatic heterocycles. The van der Waals surface area contributed by atoms with E-state index in [4.69, 9.17) is 4.74 Å². The van der Waals surface area contributed by atoms with Crippen molar-refractivity contribution in [2.24, 2.45) is 5.92 Å². The van der Waals surface area contributed by atoms with Crippen molar-refractivity contribution in [3.63, 3.8) is 0 Å². The van der Waals surface area contributed by atoms with E-state index in [1.54, 1.807) is 12.3 Å². The van der Waals surface area contributed by atoms with Gasteiger partial charge in [-0.25, -0.2) is 4.98 Å². The van der Waals surface area contributed by atoms with Crippen LogP contribution in [0.4, 0.5) is 19.0 Å². The minimum atomic E-state index is -4.39. The van der Waals surface area contributed by atoms with Gasteiger partial charge in [0.05, 0.1) is 12.7 Å². The van der Waals surface area contributed by atoms with Gasteiger partial charge in [-0.3, -0.25) is 4.79 Å². The van der Waals surface area contributed by atoms with Crippen LogP contribution < -0.4 is 15.0 Å². The number of amides is 1. The summed E-state index contributed by atoms with van der Waals surface area (Å²) < 4.78 is 43.3. The van der Waals surface area contributed by atoms with E-state index in [1.165, 1.54) is 13.2 Å². The summed E-state index contributed by atoms with van der Waals surface area (Å²) in [4.78, 5) is 22.7. The number of nitrogens with zero attached hydrogens (tertiary/aromatic N) is 3. The number of alkyl halides is 3. The Kier molecular flexibility index (Phi) is 6.56. The predicted molar refractivity (Wildman–Crippen MR) is 101 cm³/mol. The van der Waals surface area contributed by atoms with Crippen molar-refractivity contribution >= 4 is 11.7 Å². The highest BCUT2D eigenvalue weighted by Crippen LogP contribution is 2.29. The van der Waals surface area contributed by atoms with E-state index >= 15 is 0 Å². The molecule has 0 radical (unpaired) electrons. The van der Waals surface area contributed by atoms with Crippen molar-refractivity contribution in [3.8, 4) is 6.01 Å². The van der Waals surface area contributed by atoms with E-state index in [2.05, 4.69) is 20.2 Å². The average Bonchev–Trinajstić information content (AvgIpc) is 2.72. The van der Waals surface area contributed by atoms with E-state index in [1.807, 2.05) is 6.07 Å². The van der Waals surface area contributed by atoms with Crippen LogP contribution in [-0.4, -0.2) is 36.1 Å². The quantitative estimate of drug-likeness (QED) is 0.793. The highest BCUT2D eigenvalue weighted by Gasteiger charge is 2.30. The second-order valence-electron chi connectivity index (χ2n) is 7.01. The molecule has 29 heavy (non-hydrogen) atoms. The maximum atomic E-state index is 12.8. The molecular formula is C20H23F3N4O2. The summed E-state index contributed by atoms with van der Waals surface area (Å²) >= 11 is 0. The lowest BCUT2D eigenvalue weighted by atomic mass is 9.93. The Hall–Kier alpha value is -2.84. The Morgan fingerprint density at radius 1 is 1.28 bits per heavy atom. The minimum Gasteiger partial charge on any atom is -0.467 e. The Balaban J connectivity index is 1.45. The third kappa shape index (κ3) is 5.82. The Morgan fingerprint density at radius 2 is 2.03 bits per heavy atom. The summed E-state index contributed by atoms with van der Waals surface area (Å²) in [5, 5.41) is 2.73. The van der Waals surface area contributed by atoms with Crippen LogP contribution in [0.5, 0.6) is 6.01 Å². The fraction of sp³-hybridized carbons (Fsp3) is 0.450. The molecule has 1 fully saturated rings. The number of carbonyl (C=O) groups excluding carboxylic acids is 1. The summed E-state index contributed by atoms with van der Waals surface area (Å²) in [6, 6.07) is 7.15. The van der Waals surface area contributed by atoms with Crippen LogP contribution in [0.3, 0.4) is 0 Å². The van der Waals surface area contributed by atoms with Gasteiger partial charge in [0.15, 0.2) is 0 Å². The lowest BCUT2D eigenvalue weighted by molar-refractivity contribution is -0.137.